The fourth-order valence-electron chi connectivity index (χ4n) is 4.26. The van der Waals surface area contributed by atoms with Crippen LogP contribution in [0.5, 0.6) is 0 Å². The van der Waals surface area contributed by atoms with Crippen molar-refractivity contribution in [2.45, 2.75) is 39.8 Å². The largest absolute Gasteiger partial charge is 0.416 e. The number of anilines is 1. The van der Waals surface area contributed by atoms with Gasteiger partial charge in [0.25, 0.3) is 11.8 Å². The molecular formula is C25H25F3N2O2. The number of carbonyl (C=O) groups is 2. The van der Waals surface area contributed by atoms with Gasteiger partial charge >= 0.3 is 6.18 Å². The van der Waals surface area contributed by atoms with Crippen LogP contribution in [0.4, 0.5) is 18.9 Å². The van der Waals surface area contributed by atoms with Crippen LogP contribution >= 0.6 is 0 Å². The summed E-state index contributed by atoms with van der Waals surface area (Å²) in [4.78, 5) is 29.8. The summed E-state index contributed by atoms with van der Waals surface area (Å²) in [6.07, 6.45) is -2.80. The first-order valence-corrected chi connectivity index (χ1v) is 10.7. The number of amides is 2. The molecule has 2 amide bonds. The number of nitrogens with zero attached hydrogens (tertiary/aromatic N) is 2. The summed E-state index contributed by atoms with van der Waals surface area (Å²) < 4.78 is 39.8. The molecule has 0 aliphatic carbocycles. The fourth-order valence-corrected chi connectivity index (χ4v) is 4.26. The molecule has 2 aromatic rings. The van der Waals surface area contributed by atoms with Crippen molar-refractivity contribution in [1.29, 1.82) is 0 Å². The van der Waals surface area contributed by atoms with Crippen molar-refractivity contribution in [3.05, 3.63) is 70.4 Å². The molecule has 0 atom stereocenters. The van der Waals surface area contributed by atoms with E-state index in [0.717, 1.165) is 41.0 Å². The number of likely N-dealkylation sites (tertiary alicyclic amines) is 1. The maximum atomic E-state index is 13.5. The van der Waals surface area contributed by atoms with Crippen LogP contribution in [0.25, 0.3) is 5.57 Å². The lowest BCUT2D eigenvalue weighted by molar-refractivity contribution is -0.137. The van der Waals surface area contributed by atoms with Gasteiger partial charge in [-0.05, 0) is 67.5 Å². The van der Waals surface area contributed by atoms with Crippen molar-refractivity contribution in [3.8, 4) is 0 Å². The van der Waals surface area contributed by atoms with Gasteiger partial charge in [-0.25, -0.2) is 4.90 Å². The number of halogens is 3. The third kappa shape index (κ3) is 3.92. The predicted octanol–water partition coefficient (Wildman–Crippen LogP) is 5.34. The number of alkyl halides is 3. The standard InChI is InChI=1S/C25H25F3N2O2/c1-15-9-11-29(12-10-15)22-21(18-8-7-16(2)17(3)13-18)23(31)30(24(22)32)20-6-4-5-19(14-20)25(26,27)28/h4-8,13-15H,9-12H2,1-3H3. The minimum absolute atomic E-state index is 0.0727. The van der Waals surface area contributed by atoms with Gasteiger partial charge < -0.3 is 4.90 Å². The molecule has 1 fully saturated rings. The Labute approximate surface area is 185 Å². The number of hydrogen-bond donors (Lipinski definition) is 0. The van der Waals surface area contributed by atoms with Crippen LogP contribution in [0.2, 0.25) is 0 Å². The normalized spacial score (nSPS) is 18.2. The zero-order valence-electron chi connectivity index (χ0n) is 18.3. The summed E-state index contributed by atoms with van der Waals surface area (Å²) in [7, 11) is 0. The first kappa shape index (κ1) is 22.1. The van der Waals surface area contributed by atoms with Crippen molar-refractivity contribution < 1.29 is 22.8 Å². The Kier molecular flexibility index (Phi) is 5.61. The van der Waals surface area contributed by atoms with Crippen LogP contribution in [0.3, 0.4) is 0 Å². The van der Waals surface area contributed by atoms with Crippen molar-refractivity contribution >= 4 is 23.1 Å². The van der Waals surface area contributed by atoms with Crippen LogP contribution in [-0.4, -0.2) is 29.8 Å². The zero-order chi connectivity index (χ0) is 23.2. The summed E-state index contributed by atoms with van der Waals surface area (Å²) in [6.45, 7) is 7.28. The van der Waals surface area contributed by atoms with Gasteiger partial charge in [0.15, 0.2) is 0 Å². The molecule has 1 saturated heterocycles. The topological polar surface area (TPSA) is 40.6 Å². The number of benzene rings is 2. The molecule has 168 valence electrons. The van der Waals surface area contributed by atoms with Crippen LogP contribution in [0, 0.1) is 19.8 Å². The van der Waals surface area contributed by atoms with Crippen LogP contribution in [0.1, 0.15) is 42.0 Å². The molecule has 4 nitrogen and oxygen atoms in total. The smallest absolute Gasteiger partial charge is 0.366 e. The van der Waals surface area contributed by atoms with Crippen molar-refractivity contribution in [2.24, 2.45) is 5.92 Å². The van der Waals surface area contributed by atoms with E-state index in [2.05, 4.69) is 6.92 Å². The lowest BCUT2D eigenvalue weighted by atomic mass is 9.96. The molecule has 7 heteroatoms. The highest BCUT2D eigenvalue weighted by molar-refractivity contribution is 6.45. The third-order valence-corrected chi connectivity index (χ3v) is 6.39. The van der Waals surface area contributed by atoms with E-state index in [1.165, 1.54) is 12.1 Å². The second kappa shape index (κ2) is 8.11. The predicted molar refractivity (Wildman–Crippen MR) is 117 cm³/mol. The average molecular weight is 442 g/mol. The Hall–Kier alpha value is -3.09. The van der Waals surface area contributed by atoms with Gasteiger partial charge in [-0.3, -0.25) is 9.59 Å². The van der Waals surface area contributed by atoms with Gasteiger partial charge in [0.05, 0.1) is 16.8 Å². The van der Waals surface area contributed by atoms with Crippen LogP contribution < -0.4 is 4.90 Å². The summed E-state index contributed by atoms with van der Waals surface area (Å²) in [6, 6.07) is 9.91. The SMILES string of the molecule is Cc1ccc(C2=C(N3CCC(C)CC3)C(=O)N(c3cccc(C(F)(F)F)c3)C2=O)cc1C. The molecule has 0 spiro atoms. The molecule has 2 aliphatic rings. The fraction of sp³-hybridized carbons (Fsp3) is 0.360. The Bertz CT molecular complexity index is 1110. The van der Waals surface area contributed by atoms with E-state index in [4.69, 9.17) is 0 Å². The van der Waals surface area contributed by atoms with E-state index >= 15 is 0 Å². The number of carbonyl (C=O) groups excluding carboxylic acids is 2. The van der Waals surface area contributed by atoms with E-state index in [9.17, 15) is 22.8 Å². The highest BCUT2D eigenvalue weighted by Gasteiger charge is 2.43. The van der Waals surface area contributed by atoms with Crippen LogP contribution in [0.15, 0.2) is 48.2 Å². The Morgan fingerprint density at radius 2 is 1.59 bits per heavy atom. The van der Waals surface area contributed by atoms with Crippen molar-refractivity contribution in [1.82, 2.24) is 4.90 Å². The summed E-state index contributed by atoms with van der Waals surface area (Å²) in [5.41, 5.74) is 2.19. The van der Waals surface area contributed by atoms with Gasteiger partial charge in [0.1, 0.15) is 5.70 Å². The van der Waals surface area contributed by atoms with Crippen LogP contribution in [-0.2, 0) is 15.8 Å². The highest BCUT2D eigenvalue weighted by Crippen LogP contribution is 2.38. The van der Waals surface area contributed by atoms with Gasteiger partial charge in [-0.1, -0.05) is 31.2 Å². The maximum Gasteiger partial charge on any atom is 0.416 e. The van der Waals surface area contributed by atoms with E-state index in [-0.39, 0.29) is 17.0 Å². The minimum atomic E-state index is -4.57. The zero-order valence-corrected chi connectivity index (χ0v) is 18.3. The van der Waals surface area contributed by atoms with Crippen molar-refractivity contribution in [3.63, 3.8) is 0 Å². The number of aryl methyl sites for hydroxylation is 2. The van der Waals surface area contributed by atoms with E-state index in [1.54, 1.807) is 6.07 Å². The molecule has 0 aromatic heterocycles. The number of piperidine rings is 1. The molecule has 2 aliphatic heterocycles. The quantitative estimate of drug-likeness (QED) is 0.603. The molecule has 0 N–H and O–H groups in total. The molecule has 0 saturated carbocycles. The highest BCUT2D eigenvalue weighted by atomic mass is 19.4. The summed E-state index contributed by atoms with van der Waals surface area (Å²) >= 11 is 0. The lowest BCUT2D eigenvalue weighted by Gasteiger charge is -2.32. The second-order valence-corrected chi connectivity index (χ2v) is 8.69. The van der Waals surface area contributed by atoms with E-state index < -0.39 is 23.6 Å². The van der Waals surface area contributed by atoms with Crippen molar-refractivity contribution in [2.75, 3.05) is 18.0 Å². The molecule has 0 radical (unpaired) electrons. The van der Waals surface area contributed by atoms with Gasteiger partial charge in [-0.2, -0.15) is 13.2 Å². The Morgan fingerprint density at radius 3 is 2.22 bits per heavy atom. The molecule has 2 aromatic carbocycles. The average Bonchev–Trinajstić information content (AvgIpc) is 3.00. The lowest BCUT2D eigenvalue weighted by Crippen LogP contribution is -2.38. The van der Waals surface area contributed by atoms with Gasteiger partial charge in [0.2, 0.25) is 0 Å². The minimum Gasteiger partial charge on any atom is -0.366 e. The molecule has 4 rings (SSSR count). The Morgan fingerprint density at radius 1 is 0.906 bits per heavy atom. The van der Waals surface area contributed by atoms with Gasteiger partial charge in [0, 0.05) is 13.1 Å². The second-order valence-electron chi connectivity index (χ2n) is 8.69. The van der Waals surface area contributed by atoms with Gasteiger partial charge in [-0.15, -0.1) is 0 Å². The number of hydrogen-bond acceptors (Lipinski definition) is 3. The number of imide groups is 1. The molecule has 2 heterocycles. The summed E-state index contributed by atoms with van der Waals surface area (Å²) in [5.74, 6) is -0.646. The molecule has 0 bridgehead atoms. The molecule has 0 unspecified atom stereocenters. The molecular weight excluding hydrogens is 417 g/mol. The van der Waals surface area contributed by atoms with E-state index in [1.807, 2.05) is 30.9 Å². The first-order chi connectivity index (χ1) is 15.1. The van der Waals surface area contributed by atoms with E-state index in [0.29, 0.717) is 24.6 Å². The monoisotopic (exact) mass is 442 g/mol. The number of rotatable bonds is 3. The third-order valence-electron chi connectivity index (χ3n) is 6.39. The first-order valence-electron chi connectivity index (χ1n) is 10.7. The maximum absolute atomic E-state index is 13.5. The summed E-state index contributed by atoms with van der Waals surface area (Å²) in [5, 5.41) is 0. The Balaban J connectivity index is 1.82. The molecule has 32 heavy (non-hydrogen) atoms.